The van der Waals surface area contributed by atoms with Crippen LogP contribution in [0.5, 0.6) is 0 Å². The molecule has 18 heavy (non-hydrogen) atoms. The van der Waals surface area contributed by atoms with Crippen molar-refractivity contribution in [3.8, 4) is 0 Å². The minimum Gasteiger partial charge on any atom is -0.466 e. The van der Waals surface area contributed by atoms with E-state index in [1.807, 2.05) is 0 Å². The summed E-state index contributed by atoms with van der Waals surface area (Å²) in [6.45, 7) is 2.66. The van der Waals surface area contributed by atoms with Gasteiger partial charge in [-0.15, -0.1) is 11.8 Å². The Hall–Kier alpha value is -1.24. The summed E-state index contributed by atoms with van der Waals surface area (Å²) >= 11 is 1.51. The zero-order valence-electron chi connectivity index (χ0n) is 10.4. The van der Waals surface area contributed by atoms with Gasteiger partial charge >= 0.3 is 5.97 Å². The number of ether oxygens (including phenoxy) is 1. The first-order chi connectivity index (χ1) is 8.63. The van der Waals surface area contributed by atoms with Gasteiger partial charge < -0.3 is 15.0 Å². The van der Waals surface area contributed by atoms with Crippen LogP contribution >= 0.6 is 11.8 Å². The van der Waals surface area contributed by atoms with Crippen molar-refractivity contribution in [1.29, 1.82) is 0 Å². The highest BCUT2D eigenvalue weighted by Crippen LogP contribution is 2.13. The lowest BCUT2D eigenvalue weighted by atomic mass is 10.3. The lowest BCUT2D eigenvalue weighted by Gasteiger charge is -2.13. The van der Waals surface area contributed by atoms with Crippen LogP contribution in [0.15, 0.2) is 0 Å². The van der Waals surface area contributed by atoms with Gasteiger partial charge in [-0.1, -0.05) is 0 Å². The van der Waals surface area contributed by atoms with Crippen LogP contribution < -0.4 is 5.32 Å². The Morgan fingerprint density at radius 2 is 2.28 bits per heavy atom. The van der Waals surface area contributed by atoms with E-state index in [4.69, 9.17) is 4.74 Å². The largest absolute Gasteiger partial charge is 0.466 e. The first-order valence-corrected chi connectivity index (χ1v) is 7.06. The van der Waals surface area contributed by atoms with Crippen molar-refractivity contribution < 1.29 is 19.1 Å². The van der Waals surface area contributed by atoms with Crippen LogP contribution in [0.25, 0.3) is 0 Å². The Morgan fingerprint density at radius 1 is 1.50 bits per heavy atom. The molecule has 2 amide bonds. The van der Waals surface area contributed by atoms with Gasteiger partial charge in [-0.3, -0.25) is 14.4 Å². The van der Waals surface area contributed by atoms with Gasteiger partial charge in [0.15, 0.2) is 0 Å². The molecule has 0 atom stereocenters. The molecule has 0 saturated carbocycles. The average Bonchev–Trinajstić information content (AvgIpc) is 2.71. The van der Waals surface area contributed by atoms with E-state index in [2.05, 4.69) is 5.32 Å². The van der Waals surface area contributed by atoms with E-state index in [0.717, 1.165) is 0 Å². The Bertz CT molecular complexity index is 322. The quantitative estimate of drug-likeness (QED) is 0.521. The van der Waals surface area contributed by atoms with Crippen LogP contribution in [-0.2, 0) is 19.1 Å². The second kappa shape index (κ2) is 7.97. The average molecular weight is 274 g/mol. The van der Waals surface area contributed by atoms with Crippen LogP contribution in [0.4, 0.5) is 0 Å². The van der Waals surface area contributed by atoms with Gasteiger partial charge in [0.2, 0.25) is 11.8 Å². The second-order valence-electron chi connectivity index (χ2n) is 3.83. The van der Waals surface area contributed by atoms with Crippen molar-refractivity contribution in [1.82, 2.24) is 10.2 Å². The molecule has 1 aliphatic rings. The first-order valence-electron chi connectivity index (χ1n) is 5.91. The normalized spacial score (nSPS) is 14.7. The highest BCUT2D eigenvalue weighted by Gasteiger charge is 2.22. The van der Waals surface area contributed by atoms with Crippen molar-refractivity contribution in [2.75, 3.05) is 31.3 Å². The molecule has 1 rings (SSSR count). The van der Waals surface area contributed by atoms with Crippen molar-refractivity contribution in [3.63, 3.8) is 0 Å². The molecule has 0 radical (unpaired) electrons. The number of thioether (sulfide) groups is 1. The summed E-state index contributed by atoms with van der Waals surface area (Å²) in [4.78, 5) is 35.3. The van der Waals surface area contributed by atoms with Crippen LogP contribution in [0, 0.1) is 0 Å². The fraction of sp³-hybridized carbons (Fsp3) is 0.727. The molecule has 0 aromatic carbocycles. The van der Waals surface area contributed by atoms with Crippen molar-refractivity contribution in [2.24, 2.45) is 0 Å². The van der Waals surface area contributed by atoms with Gasteiger partial charge in [0.1, 0.15) is 6.54 Å². The second-order valence-corrected chi connectivity index (χ2v) is 4.78. The summed E-state index contributed by atoms with van der Waals surface area (Å²) in [5.74, 6) is 0.597. The molecule has 7 heteroatoms. The van der Waals surface area contributed by atoms with E-state index >= 15 is 0 Å². The van der Waals surface area contributed by atoms with Crippen LogP contribution in [0.2, 0.25) is 0 Å². The third-order valence-electron chi connectivity index (χ3n) is 2.35. The highest BCUT2D eigenvalue weighted by atomic mass is 32.2. The SMILES string of the molecule is CCOC(=O)CCCNC(=O)CN1CSCC1=O. The van der Waals surface area contributed by atoms with Gasteiger partial charge in [0, 0.05) is 13.0 Å². The minimum atomic E-state index is -0.252. The van der Waals surface area contributed by atoms with Gasteiger partial charge in [-0.25, -0.2) is 0 Å². The smallest absolute Gasteiger partial charge is 0.305 e. The van der Waals surface area contributed by atoms with Gasteiger partial charge in [0.25, 0.3) is 0 Å². The molecular weight excluding hydrogens is 256 g/mol. The number of amides is 2. The highest BCUT2D eigenvalue weighted by molar-refractivity contribution is 8.00. The third kappa shape index (κ3) is 5.39. The summed E-state index contributed by atoms with van der Waals surface area (Å²) in [5.41, 5.74) is 0. The van der Waals surface area contributed by atoms with Crippen LogP contribution in [-0.4, -0.2) is 54.0 Å². The Morgan fingerprint density at radius 3 is 2.89 bits per heavy atom. The summed E-state index contributed by atoms with van der Waals surface area (Å²) in [6.07, 6.45) is 0.847. The summed E-state index contributed by atoms with van der Waals surface area (Å²) in [5, 5.41) is 2.68. The molecule has 1 aliphatic heterocycles. The molecule has 0 aromatic heterocycles. The van der Waals surface area contributed by atoms with Crippen LogP contribution in [0.3, 0.4) is 0 Å². The molecule has 102 valence electrons. The molecule has 1 saturated heterocycles. The standard InChI is InChI=1S/C11H18N2O4S/c1-2-17-11(16)4-3-5-12-9(14)6-13-8-18-7-10(13)15/h2-8H2,1H3,(H,12,14). The topological polar surface area (TPSA) is 75.7 Å². The lowest BCUT2D eigenvalue weighted by molar-refractivity contribution is -0.143. The zero-order valence-corrected chi connectivity index (χ0v) is 11.3. The monoisotopic (exact) mass is 274 g/mol. The lowest BCUT2D eigenvalue weighted by Crippen LogP contribution is -2.38. The number of rotatable bonds is 7. The number of nitrogens with one attached hydrogen (secondary N) is 1. The molecule has 6 nitrogen and oxygen atoms in total. The molecule has 0 spiro atoms. The molecule has 0 unspecified atom stereocenters. The summed E-state index contributed by atoms with van der Waals surface area (Å²) < 4.78 is 4.76. The molecular formula is C11H18N2O4S. The maximum absolute atomic E-state index is 11.5. The van der Waals surface area contributed by atoms with Crippen LogP contribution in [0.1, 0.15) is 19.8 Å². The van der Waals surface area contributed by atoms with E-state index < -0.39 is 0 Å². The number of nitrogens with zero attached hydrogens (tertiary/aromatic N) is 1. The van der Waals surface area contributed by atoms with E-state index in [0.29, 0.717) is 37.6 Å². The number of carbonyl (C=O) groups is 3. The minimum absolute atomic E-state index is 0.00155. The maximum atomic E-state index is 11.5. The summed E-state index contributed by atoms with van der Waals surface area (Å²) in [7, 11) is 0. The van der Waals surface area contributed by atoms with Crippen molar-refractivity contribution in [3.05, 3.63) is 0 Å². The zero-order chi connectivity index (χ0) is 13.4. The summed E-state index contributed by atoms with van der Waals surface area (Å²) in [6, 6.07) is 0. The van der Waals surface area contributed by atoms with Crippen molar-refractivity contribution >= 4 is 29.5 Å². The number of esters is 1. The predicted octanol–water partition coefficient (Wildman–Crippen LogP) is -0.0212. The molecule has 1 heterocycles. The predicted molar refractivity (Wildman–Crippen MR) is 67.9 cm³/mol. The van der Waals surface area contributed by atoms with Crippen molar-refractivity contribution in [2.45, 2.75) is 19.8 Å². The Balaban J connectivity index is 2.06. The number of hydrogen-bond acceptors (Lipinski definition) is 5. The van der Waals surface area contributed by atoms with Gasteiger partial charge in [-0.2, -0.15) is 0 Å². The fourth-order valence-electron chi connectivity index (χ4n) is 1.46. The molecule has 0 aliphatic carbocycles. The molecule has 1 N–H and O–H groups in total. The molecule has 0 bridgehead atoms. The van der Waals surface area contributed by atoms with E-state index in [1.54, 1.807) is 6.92 Å². The number of carbonyl (C=O) groups excluding carboxylic acids is 3. The third-order valence-corrected chi connectivity index (χ3v) is 3.29. The Labute approximate surface area is 110 Å². The van der Waals surface area contributed by atoms with Gasteiger partial charge in [0.05, 0.1) is 18.2 Å². The number of hydrogen-bond donors (Lipinski definition) is 1. The van der Waals surface area contributed by atoms with E-state index in [-0.39, 0.29) is 24.3 Å². The van der Waals surface area contributed by atoms with E-state index in [1.165, 1.54) is 16.7 Å². The maximum Gasteiger partial charge on any atom is 0.305 e. The fourth-order valence-corrected chi connectivity index (χ4v) is 2.37. The first kappa shape index (κ1) is 14.8. The van der Waals surface area contributed by atoms with Gasteiger partial charge in [-0.05, 0) is 13.3 Å². The van der Waals surface area contributed by atoms with E-state index in [9.17, 15) is 14.4 Å². The molecule has 0 aromatic rings. The molecule has 1 fully saturated rings. The Kier molecular flexibility index (Phi) is 6.56.